The van der Waals surface area contributed by atoms with Crippen molar-refractivity contribution >= 4 is 50.5 Å². The van der Waals surface area contributed by atoms with E-state index in [0.717, 1.165) is 22.9 Å². The van der Waals surface area contributed by atoms with Crippen LogP contribution in [0.1, 0.15) is 23.6 Å². The van der Waals surface area contributed by atoms with Gasteiger partial charge in [0, 0.05) is 17.1 Å². The highest BCUT2D eigenvalue weighted by Crippen LogP contribution is 2.36. The van der Waals surface area contributed by atoms with Crippen molar-refractivity contribution in [3.8, 4) is 11.5 Å². The number of carbonyl (C=O) groups is 1. The number of nitrogens with zero attached hydrogens (tertiary/aromatic N) is 2. The van der Waals surface area contributed by atoms with Crippen LogP contribution in [-0.4, -0.2) is 38.0 Å². The lowest BCUT2D eigenvalue weighted by atomic mass is 10.1. The van der Waals surface area contributed by atoms with Gasteiger partial charge in [0.25, 0.3) is 15.9 Å². The Morgan fingerprint density at radius 3 is 2.46 bits per heavy atom. The Bertz CT molecular complexity index is 1480. The number of amidine groups is 1. The van der Waals surface area contributed by atoms with Crippen molar-refractivity contribution in [2.24, 2.45) is 4.40 Å². The molecule has 0 spiro atoms. The van der Waals surface area contributed by atoms with Crippen LogP contribution in [0.5, 0.6) is 11.5 Å². The van der Waals surface area contributed by atoms with Gasteiger partial charge in [-0.05, 0) is 67.6 Å². The van der Waals surface area contributed by atoms with Gasteiger partial charge in [-0.3, -0.25) is 9.69 Å². The second-order valence-electron chi connectivity index (χ2n) is 8.11. The Labute approximate surface area is 225 Å². The molecule has 1 saturated heterocycles. The number of hydrogen-bond donors (Lipinski definition) is 0. The van der Waals surface area contributed by atoms with Crippen LogP contribution in [0, 0.1) is 6.92 Å². The maximum Gasteiger partial charge on any atom is 0.284 e. The number of likely N-dealkylation sites (N-methyl/N-ethyl adjacent to an activating group) is 1. The first-order valence-electron chi connectivity index (χ1n) is 11.4. The van der Waals surface area contributed by atoms with Gasteiger partial charge in [0.1, 0.15) is 6.61 Å². The quantitative estimate of drug-likeness (QED) is 0.320. The first kappa shape index (κ1) is 26.8. The fourth-order valence-corrected chi connectivity index (χ4v) is 5.97. The van der Waals surface area contributed by atoms with Gasteiger partial charge in [-0.1, -0.05) is 53.6 Å². The van der Waals surface area contributed by atoms with Crippen LogP contribution in [0.15, 0.2) is 80.9 Å². The molecule has 1 heterocycles. The molecular formula is C27H25ClN2O5S2. The van der Waals surface area contributed by atoms with Crippen molar-refractivity contribution in [2.75, 3.05) is 13.7 Å². The first-order valence-corrected chi connectivity index (χ1v) is 14.0. The summed E-state index contributed by atoms with van der Waals surface area (Å²) < 4.78 is 41.0. The molecule has 10 heteroatoms. The number of benzene rings is 3. The van der Waals surface area contributed by atoms with Gasteiger partial charge in [0.15, 0.2) is 16.7 Å². The van der Waals surface area contributed by atoms with E-state index in [9.17, 15) is 13.2 Å². The van der Waals surface area contributed by atoms with Crippen LogP contribution in [0.25, 0.3) is 6.08 Å². The van der Waals surface area contributed by atoms with Gasteiger partial charge >= 0.3 is 0 Å². The predicted octanol–water partition coefficient (Wildman–Crippen LogP) is 5.92. The number of carbonyl (C=O) groups excluding carboxylic acids is 1. The Morgan fingerprint density at radius 2 is 1.78 bits per heavy atom. The third-order valence-electron chi connectivity index (χ3n) is 5.55. The molecule has 1 fully saturated rings. The number of halogens is 1. The zero-order valence-electron chi connectivity index (χ0n) is 20.5. The summed E-state index contributed by atoms with van der Waals surface area (Å²) in [5.41, 5.74) is 2.47. The van der Waals surface area contributed by atoms with Crippen molar-refractivity contribution in [3.63, 3.8) is 0 Å². The molecule has 0 aliphatic carbocycles. The molecule has 1 aliphatic heterocycles. The molecule has 192 valence electrons. The van der Waals surface area contributed by atoms with E-state index in [4.69, 9.17) is 21.1 Å². The smallest absolute Gasteiger partial charge is 0.284 e. The standard InChI is InChI=1S/C27H25ClN2O5S2/c1-4-30-26(31)25(36-27(30)29-37(32,33)21-12-9-18(2)10-13-21)16-19-11-14-23(24(15-19)34-3)35-17-20-7-5-6-8-22(20)28/h5-16H,4,17H2,1-3H3/b25-16-,29-27?. The van der Waals surface area contributed by atoms with Crippen molar-refractivity contribution in [2.45, 2.75) is 25.3 Å². The zero-order valence-corrected chi connectivity index (χ0v) is 22.9. The largest absolute Gasteiger partial charge is 0.493 e. The summed E-state index contributed by atoms with van der Waals surface area (Å²) >= 11 is 7.23. The summed E-state index contributed by atoms with van der Waals surface area (Å²) in [5.74, 6) is 0.694. The maximum atomic E-state index is 13.0. The van der Waals surface area contributed by atoms with Gasteiger partial charge in [0.05, 0.1) is 16.9 Å². The summed E-state index contributed by atoms with van der Waals surface area (Å²) in [6, 6.07) is 19.1. The third-order valence-corrected chi connectivity index (χ3v) is 8.32. The summed E-state index contributed by atoms with van der Waals surface area (Å²) in [4.78, 5) is 14.8. The molecule has 0 saturated carbocycles. The molecule has 37 heavy (non-hydrogen) atoms. The number of amides is 1. The number of thioether (sulfide) groups is 1. The molecule has 0 atom stereocenters. The zero-order chi connectivity index (χ0) is 26.6. The number of rotatable bonds is 8. The molecule has 4 rings (SSSR count). The molecule has 1 aliphatic rings. The number of hydrogen-bond acceptors (Lipinski definition) is 6. The Morgan fingerprint density at radius 1 is 1.05 bits per heavy atom. The molecule has 7 nitrogen and oxygen atoms in total. The Balaban J connectivity index is 1.57. The van der Waals surface area contributed by atoms with E-state index in [1.165, 1.54) is 24.1 Å². The van der Waals surface area contributed by atoms with Crippen LogP contribution in [-0.2, 0) is 21.4 Å². The molecule has 0 aromatic heterocycles. The van der Waals surface area contributed by atoms with Gasteiger partial charge in [-0.2, -0.15) is 8.42 Å². The van der Waals surface area contributed by atoms with E-state index in [2.05, 4.69) is 4.40 Å². The van der Waals surface area contributed by atoms with Crippen LogP contribution in [0.4, 0.5) is 0 Å². The Kier molecular flexibility index (Phi) is 8.26. The number of methoxy groups -OCH3 is 1. The van der Waals surface area contributed by atoms with Crippen LogP contribution >= 0.6 is 23.4 Å². The lowest BCUT2D eigenvalue weighted by Crippen LogP contribution is -2.29. The van der Waals surface area contributed by atoms with Gasteiger partial charge < -0.3 is 9.47 Å². The fourth-order valence-electron chi connectivity index (χ4n) is 3.54. The monoisotopic (exact) mass is 556 g/mol. The second-order valence-corrected chi connectivity index (χ2v) is 11.1. The molecule has 3 aromatic carbocycles. The summed E-state index contributed by atoms with van der Waals surface area (Å²) in [6.45, 7) is 4.19. The third kappa shape index (κ3) is 6.18. The molecule has 3 aromatic rings. The highest BCUT2D eigenvalue weighted by molar-refractivity contribution is 8.19. The van der Waals surface area contributed by atoms with Crippen LogP contribution in [0.3, 0.4) is 0 Å². The van der Waals surface area contributed by atoms with Gasteiger partial charge in [0.2, 0.25) is 0 Å². The van der Waals surface area contributed by atoms with E-state index >= 15 is 0 Å². The molecule has 0 bridgehead atoms. The van der Waals surface area contributed by atoms with E-state index in [1.807, 2.05) is 25.1 Å². The van der Waals surface area contributed by atoms with E-state index in [0.29, 0.717) is 27.0 Å². The van der Waals surface area contributed by atoms with Gasteiger partial charge in [-0.25, -0.2) is 0 Å². The number of ether oxygens (including phenoxy) is 2. The van der Waals surface area contributed by atoms with Crippen molar-refractivity contribution in [1.29, 1.82) is 0 Å². The number of aryl methyl sites for hydroxylation is 1. The average Bonchev–Trinajstić information content (AvgIpc) is 3.16. The SMILES string of the molecule is CCN1C(=O)/C(=C/c2ccc(OCc3ccccc3Cl)c(OC)c2)SC1=NS(=O)(=O)c1ccc(C)cc1. The lowest BCUT2D eigenvalue weighted by molar-refractivity contribution is -0.122. The van der Waals surface area contributed by atoms with Crippen molar-refractivity contribution < 1.29 is 22.7 Å². The van der Waals surface area contributed by atoms with Crippen LogP contribution in [0.2, 0.25) is 5.02 Å². The molecule has 0 radical (unpaired) electrons. The number of sulfonamides is 1. The highest BCUT2D eigenvalue weighted by atomic mass is 35.5. The van der Waals surface area contributed by atoms with E-state index < -0.39 is 10.0 Å². The maximum absolute atomic E-state index is 13.0. The molecule has 0 unspecified atom stereocenters. The minimum absolute atomic E-state index is 0.0734. The first-order chi connectivity index (χ1) is 17.7. The van der Waals surface area contributed by atoms with E-state index in [1.54, 1.807) is 49.4 Å². The topological polar surface area (TPSA) is 85.3 Å². The minimum atomic E-state index is -3.97. The summed E-state index contributed by atoms with van der Waals surface area (Å²) in [7, 11) is -2.44. The molecular weight excluding hydrogens is 532 g/mol. The van der Waals surface area contributed by atoms with Gasteiger partial charge in [-0.15, -0.1) is 4.40 Å². The molecule has 0 N–H and O–H groups in total. The normalized spacial score (nSPS) is 16.0. The second kappa shape index (κ2) is 11.4. The minimum Gasteiger partial charge on any atom is -0.493 e. The fraction of sp³-hybridized carbons (Fsp3) is 0.185. The summed E-state index contributed by atoms with van der Waals surface area (Å²) in [6.07, 6.45) is 1.68. The van der Waals surface area contributed by atoms with Crippen LogP contribution < -0.4 is 9.47 Å². The predicted molar refractivity (Wildman–Crippen MR) is 148 cm³/mol. The summed E-state index contributed by atoms with van der Waals surface area (Å²) in [5, 5.41) is 0.730. The highest BCUT2D eigenvalue weighted by Gasteiger charge is 2.34. The Hall–Kier alpha value is -3.27. The lowest BCUT2D eigenvalue weighted by Gasteiger charge is -2.12. The van der Waals surface area contributed by atoms with Crippen molar-refractivity contribution in [1.82, 2.24) is 4.90 Å². The average molecular weight is 557 g/mol. The molecule has 1 amide bonds. The van der Waals surface area contributed by atoms with E-state index in [-0.39, 0.29) is 29.1 Å². The van der Waals surface area contributed by atoms with Crippen molar-refractivity contribution in [3.05, 3.63) is 93.3 Å².